The molecular formula is C14H15ClN2O2S. The van der Waals surface area contributed by atoms with Crippen molar-refractivity contribution in [2.45, 2.75) is 24.8 Å². The molecular weight excluding hydrogens is 296 g/mol. The SMILES string of the molecule is Cc1c(Cl)cccc1S(=O)(=O)NC(C)c1cccnc1. The Kier molecular flexibility index (Phi) is 4.42. The minimum atomic E-state index is -3.62. The van der Waals surface area contributed by atoms with Gasteiger partial charge < -0.3 is 0 Å². The zero-order chi connectivity index (χ0) is 14.8. The fraction of sp³-hybridized carbons (Fsp3) is 0.214. The lowest BCUT2D eigenvalue weighted by molar-refractivity contribution is 0.566. The van der Waals surface area contributed by atoms with Crippen LogP contribution >= 0.6 is 11.6 Å². The van der Waals surface area contributed by atoms with Crippen molar-refractivity contribution in [2.24, 2.45) is 0 Å². The molecule has 0 saturated heterocycles. The van der Waals surface area contributed by atoms with Crippen LogP contribution in [-0.2, 0) is 10.0 Å². The molecule has 1 atom stereocenters. The fourth-order valence-corrected chi connectivity index (χ4v) is 3.61. The van der Waals surface area contributed by atoms with E-state index in [1.807, 2.05) is 6.07 Å². The van der Waals surface area contributed by atoms with E-state index in [1.165, 1.54) is 0 Å². The summed E-state index contributed by atoms with van der Waals surface area (Å²) in [6.07, 6.45) is 3.28. The third-order valence-corrected chi connectivity index (χ3v) is 5.12. The van der Waals surface area contributed by atoms with E-state index in [9.17, 15) is 8.42 Å². The number of nitrogens with zero attached hydrogens (tertiary/aromatic N) is 1. The lowest BCUT2D eigenvalue weighted by atomic mass is 10.2. The summed E-state index contributed by atoms with van der Waals surface area (Å²) in [4.78, 5) is 4.18. The van der Waals surface area contributed by atoms with Crippen LogP contribution in [0.4, 0.5) is 0 Å². The first-order chi connectivity index (χ1) is 9.42. The molecule has 2 aromatic rings. The predicted molar refractivity (Wildman–Crippen MR) is 79.2 cm³/mol. The Balaban J connectivity index is 2.30. The van der Waals surface area contributed by atoms with Gasteiger partial charge in [0.25, 0.3) is 0 Å². The molecule has 20 heavy (non-hydrogen) atoms. The maximum absolute atomic E-state index is 12.4. The van der Waals surface area contributed by atoms with Crippen LogP contribution in [-0.4, -0.2) is 13.4 Å². The van der Waals surface area contributed by atoms with Crippen molar-refractivity contribution in [3.05, 3.63) is 58.9 Å². The maximum atomic E-state index is 12.4. The Morgan fingerprint density at radius 3 is 2.65 bits per heavy atom. The molecule has 0 aliphatic rings. The summed E-state index contributed by atoms with van der Waals surface area (Å²) in [5, 5.41) is 0.432. The molecule has 6 heteroatoms. The van der Waals surface area contributed by atoms with E-state index in [0.29, 0.717) is 10.6 Å². The molecule has 0 fully saturated rings. The molecule has 0 aliphatic heterocycles. The van der Waals surface area contributed by atoms with E-state index in [1.54, 1.807) is 50.5 Å². The van der Waals surface area contributed by atoms with Gasteiger partial charge in [0.05, 0.1) is 4.90 Å². The fourth-order valence-electron chi connectivity index (χ4n) is 1.88. The van der Waals surface area contributed by atoms with Gasteiger partial charge in [0, 0.05) is 23.5 Å². The first kappa shape index (κ1) is 15.0. The number of aromatic nitrogens is 1. The van der Waals surface area contributed by atoms with Gasteiger partial charge in [-0.1, -0.05) is 23.7 Å². The molecule has 0 aliphatic carbocycles. The van der Waals surface area contributed by atoms with Crippen molar-refractivity contribution < 1.29 is 8.42 Å². The van der Waals surface area contributed by atoms with Gasteiger partial charge in [-0.2, -0.15) is 0 Å². The summed E-state index contributed by atoms with van der Waals surface area (Å²) in [7, 11) is -3.62. The van der Waals surface area contributed by atoms with Crippen molar-refractivity contribution in [2.75, 3.05) is 0 Å². The molecule has 0 bridgehead atoms. The number of pyridine rings is 1. The highest BCUT2D eigenvalue weighted by Crippen LogP contribution is 2.24. The molecule has 4 nitrogen and oxygen atoms in total. The molecule has 1 aromatic heterocycles. The summed E-state index contributed by atoms with van der Waals surface area (Å²) in [6.45, 7) is 3.46. The highest BCUT2D eigenvalue weighted by molar-refractivity contribution is 7.89. The maximum Gasteiger partial charge on any atom is 0.241 e. The summed E-state index contributed by atoms with van der Waals surface area (Å²) < 4.78 is 27.4. The Hall–Kier alpha value is -1.43. The molecule has 0 radical (unpaired) electrons. The van der Waals surface area contributed by atoms with Gasteiger partial charge in [0.1, 0.15) is 0 Å². The number of benzene rings is 1. The molecule has 1 aromatic carbocycles. The summed E-state index contributed by atoms with van der Waals surface area (Å²) in [6, 6.07) is 8.06. The molecule has 0 saturated carbocycles. The minimum Gasteiger partial charge on any atom is -0.264 e. The lowest BCUT2D eigenvalue weighted by Gasteiger charge is -2.15. The lowest BCUT2D eigenvalue weighted by Crippen LogP contribution is -2.27. The van der Waals surface area contributed by atoms with E-state index in [-0.39, 0.29) is 10.9 Å². The number of rotatable bonds is 4. The van der Waals surface area contributed by atoms with Crippen LogP contribution in [0, 0.1) is 6.92 Å². The standard InChI is InChI=1S/C14H15ClN2O2S/c1-10-13(15)6-3-7-14(10)20(18,19)17-11(2)12-5-4-8-16-9-12/h3-9,11,17H,1-2H3. The van der Waals surface area contributed by atoms with Crippen LogP contribution < -0.4 is 4.72 Å². The first-order valence-corrected chi connectivity index (χ1v) is 7.95. The van der Waals surface area contributed by atoms with Crippen LogP contribution in [0.1, 0.15) is 24.1 Å². The third kappa shape index (κ3) is 3.17. The van der Waals surface area contributed by atoms with Crippen LogP contribution in [0.15, 0.2) is 47.6 Å². The van der Waals surface area contributed by atoms with Crippen LogP contribution in [0.25, 0.3) is 0 Å². The van der Waals surface area contributed by atoms with Crippen molar-refractivity contribution in [3.8, 4) is 0 Å². The van der Waals surface area contributed by atoms with E-state index in [2.05, 4.69) is 9.71 Å². The highest BCUT2D eigenvalue weighted by Gasteiger charge is 2.21. The molecule has 0 spiro atoms. The molecule has 1 heterocycles. The van der Waals surface area contributed by atoms with E-state index < -0.39 is 10.0 Å². The van der Waals surface area contributed by atoms with Crippen molar-refractivity contribution in [1.82, 2.24) is 9.71 Å². The van der Waals surface area contributed by atoms with Crippen molar-refractivity contribution in [3.63, 3.8) is 0 Å². The normalized spacial score (nSPS) is 13.2. The second-order valence-corrected chi connectivity index (χ2v) is 6.58. The van der Waals surface area contributed by atoms with Gasteiger partial charge in [-0.3, -0.25) is 4.98 Å². The van der Waals surface area contributed by atoms with E-state index in [4.69, 9.17) is 11.6 Å². The van der Waals surface area contributed by atoms with Gasteiger partial charge in [-0.15, -0.1) is 0 Å². The zero-order valence-corrected chi connectivity index (χ0v) is 12.7. The van der Waals surface area contributed by atoms with Gasteiger partial charge in [0.2, 0.25) is 10.0 Å². The Morgan fingerprint density at radius 2 is 2.00 bits per heavy atom. The number of sulfonamides is 1. The molecule has 106 valence electrons. The second-order valence-electron chi connectivity index (χ2n) is 4.49. The van der Waals surface area contributed by atoms with Crippen molar-refractivity contribution in [1.29, 1.82) is 0 Å². The third-order valence-electron chi connectivity index (χ3n) is 3.02. The van der Waals surface area contributed by atoms with Crippen LogP contribution in [0.2, 0.25) is 5.02 Å². The van der Waals surface area contributed by atoms with Gasteiger partial charge in [-0.05, 0) is 43.2 Å². The number of halogens is 1. The quantitative estimate of drug-likeness (QED) is 0.944. The van der Waals surface area contributed by atoms with Gasteiger partial charge in [0.15, 0.2) is 0 Å². The minimum absolute atomic E-state index is 0.195. The zero-order valence-electron chi connectivity index (χ0n) is 11.2. The molecule has 2 rings (SSSR count). The van der Waals surface area contributed by atoms with Gasteiger partial charge in [-0.25, -0.2) is 13.1 Å². The topological polar surface area (TPSA) is 59.1 Å². The average Bonchev–Trinajstić information content (AvgIpc) is 2.42. The van der Waals surface area contributed by atoms with Crippen LogP contribution in [0.5, 0.6) is 0 Å². The predicted octanol–water partition coefficient (Wildman–Crippen LogP) is 3.08. The summed E-state index contributed by atoms with van der Waals surface area (Å²) >= 11 is 5.97. The van der Waals surface area contributed by atoms with E-state index >= 15 is 0 Å². The van der Waals surface area contributed by atoms with E-state index in [0.717, 1.165) is 5.56 Å². The smallest absolute Gasteiger partial charge is 0.241 e. The highest BCUT2D eigenvalue weighted by atomic mass is 35.5. The largest absolute Gasteiger partial charge is 0.264 e. The summed E-state index contributed by atoms with van der Waals surface area (Å²) in [5.41, 5.74) is 1.34. The number of nitrogens with one attached hydrogen (secondary N) is 1. The van der Waals surface area contributed by atoms with Gasteiger partial charge >= 0.3 is 0 Å². The average molecular weight is 311 g/mol. The van der Waals surface area contributed by atoms with Crippen LogP contribution in [0.3, 0.4) is 0 Å². The molecule has 1 unspecified atom stereocenters. The monoisotopic (exact) mass is 310 g/mol. The van der Waals surface area contributed by atoms with Crippen molar-refractivity contribution >= 4 is 21.6 Å². The Labute approximate surface area is 123 Å². The molecule has 0 amide bonds. The number of hydrogen-bond donors (Lipinski definition) is 1. The Bertz CT molecular complexity index is 702. The number of hydrogen-bond acceptors (Lipinski definition) is 3. The Morgan fingerprint density at radius 1 is 1.25 bits per heavy atom. The first-order valence-electron chi connectivity index (χ1n) is 6.09. The second kappa shape index (κ2) is 5.91. The summed E-state index contributed by atoms with van der Waals surface area (Å²) in [5.74, 6) is 0. The molecule has 1 N–H and O–H groups in total.